The quantitative estimate of drug-likeness (QED) is 0.544. The Morgan fingerprint density at radius 2 is 1.72 bits per heavy atom. The molecular formula is C12H24N2O3S. The van der Waals surface area contributed by atoms with Crippen LogP contribution in [0, 0.1) is 0 Å². The molecule has 0 spiro atoms. The SMILES string of the molecule is CCCCCCCCN1C=CN(C)C1S(=O)(=O)O. The smallest absolute Gasteiger partial charge is 0.306 e. The molecule has 106 valence electrons. The molecule has 1 heterocycles. The average molecular weight is 276 g/mol. The predicted octanol–water partition coefficient (Wildman–Crippen LogP) is 2.24. The summed E-state index contributed by atoms with van der Waals surface area (Å²) in [5.41, 5.74) is -0.951. The zero-order valence-electron chi connectivity index (χ0n) is 11.2. The molecule has 1 aliphatic rings. The van der Waals surface area contributed by atoms with Gasteiger partial charge in [-0.3, -0.25) is 4.55 Å². The lowest BCUT2D eigenvalue weighted by Crippen LogP contribution is -2.43. The van der Waals surface area contributed by atoms with Gasteiger partial charge < -0.3 is 9.80 Å². The van der Waals surface area contributed by atoms with Gasteiger partial charge in [0.1, 0.15) is 0 Å². The maximum absolute atomic E-state index is 11.3. The largest absolute Gasteiger partial charge is 0.345 e. The third kappa shape index (κ3) is 4.49. The minimum absolute atomic E-state index is 0.664. The van der Waals surface area contributed by atoms with Crippen LogP contribution in [0.4, 0.5) is 0 Å². The molecule has 0 bridgehead atoms. The van der Waals surface area contributed by atoms with E-state index in [2.05, 4.69) is 6.92 Å². The summed E-state index contributed by atoms with van der Waals surface area (Å²) < 4.78 is 31.7. The van der Waals surface area contributed by atoms with Crippen LogP contribution in [-0.2, 0) is 10.1 Å². The van der Waals surface area contributed by atoms with Gasteiger partial charge >= 0.3 is 10.1 Å². The van der Waals surface area contributed by atoms with Crippen LogP contribution in [0.5, 0.6) is 0 Å². The van der Waals surface area contributed by atoms with Crippen LogP contribution < -0.4 is 0 Å². The van der Waals surface area contributed by atoms with E-state index in [0.29, 0.717) is 6.54 Å². The van der Waals surface area contributed by atoms with Gasteiger partial charge in [-0.15, -0.1) is 0 Å². The summed E-state index contributed by atoms with van der Waals surface area (Å²) in [7, 11) is -2.41. The van der Waals surface area contributed by atoms with E-state index in [1.165, 1.54) is 30.6 Å². The van der Waals surface area contributed by atoms with Crippen molar-refractivity contribution >= 4 is 10.1 Å². The fourth-order valence-corrected chi connectivity index (χ4v) is 3.22. The first-order valence-corrected chi connectivity index (χ1v) is 8.09. The highest BCUT2D eigenvalue weighted by atomic mass is 32.2. The number of hydrogen-bond acceptors (Lipinski definition) is 4. The molecule has 0 aromatic carbocycles. The van der Waals surface area contributed by atoms with Gasteiger partial charge in [0.25, 0.3) is 0 Å². The molecule has 1 aliphatic heterocycles. The molecule has 0 aromatic heterocycles. The molecule has 0 aromatic rings. The fourth-order valence-electron chi connectivity index (χ4n) is 2.21. The van der Waals surface area contributed by atoms with Crippen LogP contribution >= 0.6 is 0 Å². The van der Waals surface area contributed by atoms with E-state index in [9.17, 15) is 13.0 Å². The Hall–Kier alpha value is -0.750. The Morgan fingerprint density at radius 3 is 2.33 bits per heavy atom. The molecule has 0 aliphatic carbocycles. The molecule has 1 N–H and O–H groups in total. The lowest BCUT2D eigenvalue weighted by atomic mass is 10.1. The van der Waals surface area contributed by atoms with E-state index >= 15 is 0 Å². The maximum Gasteiger partial charge on any atom is 0.306 e. The maximum atomic E-state index is 11.3. The molecule has 0 amide bonds. The standard InChI is InChI=1S/C12H24N2O3S/c1-3-4-5-6-7-8-9-14-11-10-13(2)12(14)18(15,16)17/h10-12H,3-9H2,1-2H3,(H,15,16,17). The fraction of sp³-hybridized carbons (Fsp3) is 0.833. The summed E-state index contributed by atoms with van der Waals surface area (Å²) in [5, 5.41) is 0. The summed E-state index contributed by atoms with van der Waals surface area (Å²) in [5.74, 6) is 0. The zero-order valence-corrected chi connectivity index (χ0v) is 12.1. The van der Waals surface area contributed by atoms with E-state index in [1.807, 2.05) is 0 Å². The Bertz CT molecular complexity index is 368. The Balaban J connectivity index is 2.31. The van der Waals surface area contributed by atoms with Gasteiger partial charge in [-0.1, -0.05) is 39.0 Å². The van der Waals surface area contributed by atoms with Crippen LogP contribution in [-0.4, -0.2) is 41.9 Å². The van der Waals surface area contributed by atoms with Crippen LogP contribution in [0.3, 0.4) is 0 Å². The van der Waals surface area contributed by atoms with E-state index in [-0.39, 0.29) is 0 Å². The molecule has 18 heavy (non-hydrogen) atoms. The molecule has 1 unspecified atom stereocenters. The molecule has 0 saturated heterocycles. The van der Waals surface area contributed by atoms with E-state index in [1.54, 1.807) is 24.3 Å². The lowest BCUT2D eigenvalue weighted by Gasteiger charge is -2.27. The predicted molar refractivity (Wildman–Crippen MR) is 72.3 cm³/mol. The normalized spacial score (nSPS) is 19.8. The minimum atomic E-state index is -4.06. The average Bonchev–Trinajstić information content (AvgIpc) is 2.64. The van der Waals surface area contributed by atoms with Crippen molar-refractivity contribution in [1.29, 1.82) is 0 Å². The molecular weight excluding hydrogens is 252 g/mol. The minimum Gasteiger partial charge on any atom is -0.345 e. The lowest BCUT2D eigenvalue weighted by molar-refractivity contribution is 0.230. The van der Waals surface area contributed by atoms with Gasteiger partial charge in [0.15, 0.2) is 0 Å². The highest BCUT2D eigenvalue weighted by molar-refractivity contribution is 7.86. The van der Waals surface area contributed by atoms with Crippen molar-refractivity contribution in [1.82, 2.24) is 9.80 Å². The second-order valence-corrected chi connectivity index (χ2v) is 6.26. The highest BCUT2D eigenvalue weighted by Crippen LogP contribution is 2.19. The highest BCUT2D eigenvalue weighted by Gasteiger charge is 2.34. The third-order valence-electron chi connectivity index (χ3n) is 3.16. The van der Waals surface area contributed by atoms with Crippen LogP contribution in [0.2, 0.25) is 0 Å². The molecule has 1 rings (SSSR count). The van der Waals surface area contributed by atoms with Gasteiger partial charge in [-0.25, -0.2) is 0 Å². The third-order valence-corrected chi connectivity index (χ3v) is 4.30. The topological polar surface area (TPSA) is 60.9 Å². The van der Waals surface area contributed by atoms with Gasteiger partial charge in [0, 0.05) is 26.0 Å². The van der Waals surface area contributed by atoms with Crippen molar-refractivity contribution in [2.75, 3.05) is 13.6 Å². The van der Waals surface area contributed by atoms with Gasteiger partial charge in [0.2, 0.25) is 5.50 Å². The van der Waals surface area contributed by atoms with Crippen LogP contribution in [0.1, 0.15) is 45.4 Å². The summed E-state index contributed by atoms with van der Waals surface area (Å²) in [6.07, 6.45) is 10.4. The van der Waals surface area contributed by atoms with Crippen molar-refractivity contribution < 1.29 is 13.0 Å². The monoisotopic (exact) mass is 276 g/mol. The van der Waals surface area contributed by atoms with Crippen molar-refractivity contribution in [2.45, 2.75) is 50.9 Å². The number of rotatable bonds is 8. The van der Waals surface area contributed by atoms with Gasteiger partial charge in [-0.2, -0.15) is 8.42 Å². The summed E-state index contributed by atoms with van der Waals surface area (Å²) in [4.78, 5) is 3.18. The zero-order chi connectivity index (χ0) is 13.6. The molecule has 0 radical (unpaired) electrons. The van der Waals surface area contributed by atoms with Crippen molar-refractivity contribution in [3.63, 3.8) is 0 Å². The molecule has 1 atom stereocenters. The summed E-state index contributed by atoms with van der Waals surface area (Å²) >= 11 is 0. The number of nitrogens with zero attached hydrogens (tertiary/aromatic N) is 2. The first-order chi connectivity index (χ1) is 8.46. The number of hydrogen-bond donors (Lipinski definition) is 1. The molecule has 0 saturated carbocycles. The van der Waals surface area contributed by atoms with Gasteiger partial charge in [0.05, 0.1) is 0 Å². The van der Waals surface area contributed by atoms with E-state index in [4.69, 9.17) is 0 Å². The second-order valence-electron chi connectivity index (χ2n) is 4.81. The summed E-state index contributed by atoms with van der Waals surface area (Å²) in [6.45, 7) is 2.85. The van der Waals surface area contributed by atoms with E-state index in [0.717, 1.165) is 12.8 Å². The first-order valence-electron chi connectivity index (χ1n) is 6.59. The Kier molecular flexibility index (Phi) is 5.95. The Labute approximate surface area is 110 Å². The second kappa shape index (κ2) is 6.99. The van der Waals surface area contributed by atoms with Crippen LogP contribution in [0.25, 0.3) is 0 Å². The van der Waals surface area contributed by atoms with Crippen molar-refractivity contribution in [3.05, 3.63) is 12.4 Å². The molecule has 5 nitrogen and oxygen atoms in total. The van der Waals surface area contributed by atoms with Crippen molar-refractivity contribution in [2.24, 2.45) is 0 Å². The first kappa shape index (κ1) is 15.3. The molecule has 6 heteroatoms. The van der Waals surface area contributed by atoms with Gasteiger partial charge in [-0.05, 0) is 6.42 Å². The number of unbranched alkanes of at least 4 members (excludes halogenated alkanes) is 5. The van der Waals surface area contributed by atoms with Crippen LogP contribution in [0.15, 0.2) is 12.4 Å². The van der Waals surface area contributed by atoms with E-state index < -0.39 is 15.6 Å². The summed E-state index contributed by atoms with van der Waals surface area (Å²) in [6, 6.07) is 0. The Morgan fingerprint density at radius 1 is 1.11 bits per heavy atom. The molecule has 0 fully saturated rings. The van der Waals surface area contributed by atoms with Crippen molar-refractivity contribution in [3.8, 4) is 0 Å².